The summed E-state index contributed by atoms with van der Waals surface area (Å²) in [5.41, 5.74) is 3.94. The predicted molar refractivity (Wildman–Crippen MR) is 132 cm³/mol. The number of carbonyl (C=O) groups excluding carboxylic acids is 1. The van der Waals surface area contributed by atoms with Crippen molar-refractivity contribution in [1.82, 2.24) is 9.88 Å². The second-order valence-electron chi connectivity index (χ2n) is 10.1. The molecule has 1 amide bonds. The van der Waals surface area contributed by atoms with Gasteiger partial charge in [0.1, 0.15) is 0 Å². The number of hydrogen-bond donors (Lipinski definition) is 2. The molecule has 6 heteroatoms. The Morgan fingerprint density at radius 2 is 1.70 bits per heavy atom. The molecule has 0 saturated heterocycles. The highest BCUT2D eigenvalue weighted by Crippen LogP contribution is 2.30. The zero-order valence-electron chi connectivity index (χ0n) is 19.4. The van der Waals surface area contributed by atoms with Crippen molar-refractivity contribution < 1.29 is 14.7 Å². The van der Waals surface area contributed by atoms with Gasteiger partial charge in [-0.15, -0.1) is 0 Å². The Balaban J connectivity index is 1.57. The molecule has 0 spiro atoms. The molecule has 3 aromatic rings. The van der Waals surface area contributed by atoms with Gasteiger partial charge in [-0.25, -0.2) is 0 Å². The first-order valence-corrected chi connectivity index (χ1v) is 11.9. The smallest absolute Gasteiger partial charge is 0.306 e. The van der Waals surface area contributed by atoms with Gasteiger partial charge in [-0.1, -0.05) is 56.6 Å². The van der Waals surface area contributed by atoms with E-state index in [1.807, 2.05) is 12.3 Å². The fourth-order valence-electron chi connectivity index (χ4n) is 4.66. The number of hydrogen-bond acceptors (Lipinski definition) is 2. The molecular formula is C27H31ClN2O3. The van der Waals surface area contributed by atoms with Gasteiger partial charge < -0.3 is 15.0 Å². The highest BCUT2D eigenvalue weighted by molar-refractivity contribution is 6.36. The summed E-state index contributed by atoms with van der Waals surface area (Å²) in [4.78, 5) is 24.4. The summed E-state index contributed by atoms with van der Waals surface area (Å²) in [6.45, 7) is 7.23. The standard InChI is InChI=1S/C27H31ClN2O3/c1-27(2,3)19-8-4-17(5-9-19)16-30-15-14-21-23(28)13-12-22(24(21)30)25(31)29-20-10-6-18(7-11-20)26(32)33/h4-5,8-9,12-15,18,20H,6-7,10-11,16H2,1-3H3,(H,29,31)(H,32,33). The second kappa shape index (κ2) is 9.22. The molecule has 33 heavy (non-hydrogen) atoms. The molecule has 0 unspecified atom stereocenters. The van der Waals surface area contributed by atoms with E-state index in [4.69, 9.17) is 11.6 Å². The van der Waals surface area contributed by atoms with E-state index in [1.165, 1.54) is 5.56 Å². The van der Waals surface area contributed by atoms with Crippen molar-refractivity contribution in [3.63, 3.8) is 0 Å². The molecule has 0 atom stereocenters. The quantitative estimate of drug-likeness (QED) is 0.483. The molecule has 1 aliphatic rings. The van der Waals surface area contributed by atoms with Crippen LogP contribution in [0.3, 0.4) is 0 Å². The molecule has 2 aromatic carbocycles. The van der Waals surface area contributed by atoms with Crippen LogP contribution in [0.5, 0.6) is 0 Å². The maximum atomic E-state index is 13.2. The van der Waals surface area contributed by atoms with Gasteiger partial charge in [-0.05, 0) is 60.4 Å². The highest BCUT2D eigenvalue weighted by atomic mass is 35.5. The number of nitrogens with zero attached hydrogens (tertiary/aromatic N) is 1. The van der Waals surface area contributed by atoms with Crippen LogP contribution in [0, 0.1) is 5.92 Å². The molecule has 0 aliphatic heterocycles. The van der Waals surface area contributed by atoms with Crippen molar-refractivity contribution in [1.29, 1.82) is 0 Å². The Morgan fingerprint density at radius 1 is 1.03 bits per heavy atom. The van der Waals surface area contributed by atoms with Crippen LogP contribution in [0.1, 0.15) is 67.9 Å². The molecule has 1 saturated carbocycles. The van der Waals surface area contributed by atoms with E-state index in [1.54, 1.807) is 12.1 Å². The molecule has 1 aromatic heterocycles. The summed E-state index contributed by atoms with van der Waals surface area (Å²) in [6.07, 6.45) is 4.53. The van der Waals surface area contributed by atoms with Gasteiger partial charge in [0.2, 0.25) is 0 Å². The molecule has 1 fully saturated rings. The van der Waals surface area contributed by atoms with Gasteiger partial charge in [0.25, 0.3) is 5.91 Å². The van der Waals surface area contributed by atoms with E-state index in [0.717, 1.165) is 16.5 Å². The van der Waals surface area contributed by atoms with Crippen LogP contribution < -0.4 is 5.32 Å². The number of halogens is 1. The van der Waals surface area contributed by atoms with E-state index >= 15 is 0 Å². The molecule has 5 nitrogen and oxygen atoms in total. The van der Waals surface area contributed by atoms with Gasteiger partial charge in [0, 0.05) is 29.2 Å². The van der Waals surface area contributed by atoms with Crippen molar-refractivity contribution in [3.05, 3.63) is 70.4 Å². The van der Waals surface area contributed by atoms with Crippen LogP contribution in [0.15, 0.2) is 48.7 Å². The summed E-state index contributed by atoms with van der Waals surface area (Å²) >= 11 is 6.46. The average Bonchev–Trinajstić information content (AvgIpc) is 3.18. The van der Waals surface area contributed by atoms with Crippen LogP contribution in [-0.2, 0) is 16.8 Å². The van der Waals surface area contributed by atoms with Crippen LogP contribution in [0.2, 0.25) is 5.02 Å². The first-order chi connectivity index (χ1) is 15.6. The first-order valence-electron chi connectivity index (χ1n) is 11.5. The number of amides is 1. The third-order valence-electron chi connectivity index (χ3n) is 6.70. The van der Waals surface area contributed by atoms with Crippen LogP contribution in [-0.4, -0.2) is 27.6 Å². The van der Waals surface area contributed by atoms with Gasteiger partial charge >= 0.3 is 5.97 Å². The summed E-state index contributed by atoms with van der Waals surface area (Å²) in [7, 11) is 0. The third kappa shape index (κ3) is 5.09. The Morgan fingerprint density at radius 3 is 2.30 bits per heavy atom. The number of nitrogens with one attached hydrogen (secondary N) is 1. The highest BCUT2D eigenvalue weighted by Gasteiger charge is 2.27. The topological polar surface area (TPSA) is 71.3 Å². The van der Waals surface area contributed by atoms with Crippen molar-refractivity contribution in [2.75, 3.05) is 0 Å². The fraction of sp³-hybridized carbons (Fsp3) is 0.407. The number of benzene rings is 2. The number of aliphatic carboxylic acids is 1. The maximum absolute atomic E-state index is 13.2. The lowest BCUT2D eigenvalue weighted by Crippen LogP contribution is -2.38. The third-order valence-corrected chi connectivity index (χ3v) is 7.03. The molecule has 174 valence electrons. The Bertz CT molecular complexity index is 1170. The van der Waals surface area contributed by atoms with E-state index in [9.17, 15) is 14.7 Å². The summed E-state index contributed by atoms with van der Waals surface area (Å²) < 4.78 is 2.07. The summed E-state index contributed by atoms with van der Waals surface area (Å²) in [6, 6.07) is 14.1. The van der Waals surface area contributed by atoms with Gasteiger partial charge in [0.15, 0.2) is 0 Å². The predicted octanol–water partition coefficient (Wildman–Crippen LogP) is 6.01. The minimum atomic E-state index is -0.743. The van der Waals surface area contributed by atoms with Crippen molar-refractivity contribution in [3.8, 4) is 0 Å². The Hall–Kier alpha value is -2.79. The van der Waals surface area contributed by atoms with Crippen LogP contribution in [0.4, 0.5) is 0 Å². The molecule has 0 bridgehead atoms. The second-order valence-corrected chi connectivity index (χ2v) is 10.5. The summed E-state index contributed by atoms with van der Waals surface area (Å²) in [5.74, 6) is -1.19. The van der Waals surface area contributed by atoms with E-state index in [0.29, 0.717) is 42.8 Å². The number of carboxylic acid groups (broad SMARTS) is 1. The number of fused-ring (bicyclic) bond motifs is 1. The number of carbonyl (C=O) groups is 2. The lowest BCUT2D eigenvalue weighted by atomic mass is 9.86. The molecule has 0 radical (unpaired) electrons. The van der Waals surface area contributed by atoms with Crippen LogP contribution >= 0.6 is 11.6 Å². The number of carboxylic acids is 1. The van der Waals surface area contributed by atoms with E-state index in [-0.39, 0.29) is 23.3 Å². The molecule has 1 aliphatic carbocycles. The minimum Gasteiger partial charge on any atom is -0.481 e. The monoisotopic (exact) mass is 466 g/mol. The number of rotatable bonds is 5. The zero-order valence-corrected chi connectivity index (χ0v) is 20.2. The van der Waals surface area contributed by atoms with Crippen molar-refractivity contribution in [2.45, 2.75) is 64.5 Å². The number of aromatic nitrogens is 1. The van der Waals surface area contributed by atoms with Gasteiger partial charge in [-0.2, -0.15) is 0 Å². The van der Waals surface area contributed by atoms with Crippen molar-refractivity contribution >= 4 is 34.4 Å². The van der Waals surface area contributed by atoms with Crippen LogP contribution in [0.25, 0.3) is 10.9 Å². The van der Waals surface area contributed by atoms with E-state index in [2.05, 4.69) is 54.9 Å². The zero-order chi connectivity index (χ0) is 23.8. The lowest BCUT2D eigenvalue weighted by molar-refractivity contribution is -0.142. The minimum absolute atomic E-state index is 0.00724. The van der Waals surface area contributed by atoms with E-state index < -0.39 is 5.97 Å². The molecule has 1 heterocycles. The molecular weight excluding hydrogens is 436 g/mol. The normalized spacial score (nSPS) is 18.9. The Labute approximate surface area is 199 Å². The Kier molecular flexibility index (Phi) is 6.53. The molecule has 4 rings (SSSR count). The molecule has 2 N–H and O–H groups in total. The fourth-order valence-corrected chi connectivity index (χ4v) is 4.88. The SMILES string of the molecule is CC(C)(C)c1ccc(Cn2ccc3c(Cl)ccc(C(=O)NC4CCC(C(=O)O)CC4)c32)cc1. The van der Waals surface area contributed by atoms with Crippen molar-refractivity contribution in [2.24, 2.45) is 5.92 Å². The largest absolute Gasteiger partial charge is 0.481 e. The summed E-state index contributed by atoms with van der Waals surface area (Å²) in [5, 5.41) is 13.8. The maximum Gasteiger partial charge on any atom is 0.306 e. The van der Waals surface area contributed by atoms with Gasteiger partial charge in [0.05, 0.1) is 17.0 Å². The van der Waals surface area contributed by atoms with Gasteiger partial charge in [-0.3, -0.25) is 9.59 Å². The first kappa shape index (κ1) is 23.4. The lowest BCUT2D eigenvalue weighted by Gasteiger charge is -2.27. The average molecular weight is 467 g/mol.